The maximum Gasteiger partial charge on any atom is 0.253 e. The summed E-state index contributed by atoms with van der Waals surface area (Å²) in [4.78, 5) is 41.3. The van der Waals surface area contributed by atoms with Crippen LogP contribution in [-0.2, 0) is 16.1 Å². The second-order valence-corrected chi connectivity index (χ2v) is 9.18. The van der Waals surface area contributed by atoms with Crippen molar-refractivity contribution in [3.05, 3.63) is 106 Å². The van der Waals surface area contributed by atoms with E-state index in [0.717, 1.165) is 5.56 Å². The highest BCUT2D eigenvalue weighted by Gasteiger charge is 2.38. The van der Waals surface area contributed by atoms with Crippen LogP contribution in [0, 0.1) is 0 Å². The summed E-state index contributed by atoms with van der Waals surface area (Å²) in [6.45, 7) is 0.815. The normalized spacial score (nSPS) is 15.9. The first kappa shape index (κ1) is 24.8. The topological polar surface area (TPSA) is 78.5 Å². The zero-order valence-corrected chi connectivity index (χ0v) is 20.4. The Labute approximate surface area is 214 Å². The molecule has 1 saturated heterocycles. The van der Waals surface area contributed by atoms with E-state index in [4.69, 9.17) is 23.2 Å². The van der Waals surface area contributed by atoms with E-state index in [-0.39, 0.29) is 22.4 Å². The van der Waals surface area contributed by atoms with E-state index in [9.17, 15) is 14.4 Å². The maximum atomic E-state index is 13.7. The van der Waals surface area contributed by atoms with Crippen molar-refractivity contribution in [1.82, 2.24) is 15.5 Å². The molecule has 35 heavy (non-hydrogen) atoms. The second-order valence-electron chi connectivity index (χ2n) is 8.33. The number of halogens is 2. The zero-order valence-electron chi connectivity index (χ0n) is 18.9. The molecule has 0 spiro atoms. The van der Waals surface area contributed by atoms with Gasteiger partial charge in [0.15, 0.2) is 0 Å². The van der Waals surface area contributed by atoms with Crippen LogP contribution in [-0.4, -0.2) is 35.2 Å². The van der Waals surface area contributed by atoms with Crippen LogP contribution in [0.1, 0.15) is 40.4 Å². The van der Waals surface area contributed by atoms with E-state index < -0.39 is 18.0 Å². The van der Waals surface area contributed by atoms with Crippen LogP contribution in [0.3, 0.4) is 0 Å². The van der Waals surface area contributed by atoms with Crippen LogP contribution in [0.2, 0.25) is 10.0 Å². The lowest BCUT2D eigenvalue weighted by molar-refractivity contribution is -0.140. The number of nitrogens with zero attached hydrogens (tertiary/aromatic N) is 1. The van der Waals surface area contributed by atoms with Crippen LogP contribution in [0.15, 0.2) is 78.9 Å². The van der Waals surface area contributed by atoms with Gasteiger partial charge >= 0.3 is 0 Å². The van der Waals surface area contributed by atoms with Crippen molar-refractivity contribution in [2.24, 2.45) is 0 Å². The molecule has 1 aliphatic heterocycles. The monoisotopic (exact) mass is 509 g/mol. The Morgan fingerprint density at radius 1 is 0.943 bits per heavy atom. The predicted molar refractivity (Wildman–Crippen MR) is 136 cm³/mol. The van der Waals surface area contributed by atoms with Gasteiger partial charge in [-0.2, -0.15) is 0 Å². The van der Waals surface area contributed by atoms with Crippen LogP contribution in [0.25, 0.3) is 0 Å². The minimum Gasteiger partial charge on any atom is -0.350 e. The van der Waals surface area contributed by atoms with Crippen LogP contribution in [0.5, 0.6) is 0 Å². The van der Waals surface area contributed by atoms with Gasteiger partial charge in [0.05, 0.1) is 10.6 Å². The average molecular weight is 510 g/mol. The molecule has 0 bridgehead atoms. The third-order valence-electron chi connectivity index (χ3n) is 5.98. The number of amides is 3. The van der Waals surface area contributed by atoms with Gasteiger partial charge in [0.25, 0.3) is 5.91 Å². The van der Waals surface area contributed by atoms with Crippen molar-refractivity contribution in [3.63, 3.8) is 0 Å². The quantitative estimate of drug-likeness (QED) is 0.481. The molecule has 0 unspecified atom stereocenters. The lowest BCUT2D eigenvalue weighted by Gasteiger charge is -2.29. The molecule has 8 heteroatoms. The molecule has 1 fully saturated rings. The van der Waals surface area contributed by atoms with Crippen molar-refractivity contribution in [1.29, 1.82) is 0 Å². The molecule has 1 heterocycles. The van der Waals surface area contributed by atoms with E-state index in [0.29, 0.717) is 36.5 Å². The summed E-state index contributed by atoms with van der Waals surface area (Å²) in [7, 11) is 0. The molecule has 3 aromatic rings. The standard InChI is InChI=1S/C27H25Cl2N3O3/c28-20-13-14-21(22(29)16-20)25(33)31-24(19-10-5-2-6-11-19)27(35)32-15-7-12-23(32)26(34)30-17-18-8-3-1-4-9-18/h1-6,8-11,13-14,16,23-24H,7,12,15,17H2,(H,30,34)(H,31,33)/t23-,24-/m0/s1. The Kier molecular flexibility index (Phi) is 8.06. The van der Waals surface area contributed by atoms with Crippen molar-refractivity contribution < 1.29 is 14.4 Å². The first-order chi connectivity index (χ1) is 16.9. The number of hydrogen-bond acceptors (Lipinski definition) is 3. The molecule has 180 valence electrons. The van der Waals surface area contributed by atoms with E-state index >= 15 is 0 Å². The van der Waals surface area contributed by atoms with Gasteiger partial charge in [0.1, 0.15) is 12.1 Å². The molecule has 0 aliphatic carbocycles. The lowest BCUT2D eigenvalue weighted by atomic mass is 10.0. The number of carbonyl (C=O) groups is 3. The minimum atomic E-state index is -0.974. The van der Waals surface area contributed by atoms with Crippen LogP contribution in [0.4, 0.5) is 0 Å². The highest BCUT2D eigenvalue weighted by molar-refractivity contribution is 6.36. The molecular formula is C27H25Cl2N3O3. The van der Waals surface area contributed by atoms with Crippen molar-refractivity contribution in [2.45, 2.75) is 31.5 Å². The van der Waals surface area contributed by atoms with Crippen molar-refractivity contribution in [3.8, 4) is 0 Å². The fourth-order valence-corrected chi connectivity index (χ4v) is 4.68. The van der Waals surface area contributed by atoms with E-state index in [1.807, 2.05) is 36.4 Å². The number of likely N-dealkylation sites (tertiary alicyclic amines) is 1. The Morgan fingerprint density at radius 2 is 1.63 bits per heavy atom. The summed E-state index contributed by atoms with van der Waals surface area (Å²) in [5.74, 6) is -1.05. The minimum absolute atomic E-state index is 0.189. The Balaban J connectivity index is 1.53. The summed E-state index contributed by atoms with van der Waals surface area (Å²) in [5.41, 5.74) is 1.81. The van der Waals surface area contributed by atoms with Crippen molar-refractivity contribution >= 4 is 40.9 Å². The SMILES string of the molecule is O=C(N[C@H](C(=O)N1CCC[C@H]1C(=O)NCc1ccccc1)c1ccccc1)c1ccc(Cl)cc1Cl. The number of benzene rings is 3. The predicted octanol–water partition coefficient (Wildman–Crippen LogP) is 4.77. The molecule has 0 saturated carbocycles. The van der Waals surface area contributed by atoms with Crippen LogP contribution >= 0.6 is 23.2 Å². The number of carbonyl (C=O) groups excluding carboxylic acids is 3. The van der Waals surface area contributed by atoms with E-state index in [1.165, 1.54) is 12.1 Å². The van der Waals surface area contributed by atoms with Gasteiger partial charge in [-0.15, -0.1) is 0 Å². The summed E-state index contributed by atoms with van der Waals surface area (Å²) in [5, 5.41) is 6.34. The molecule has 2 N–H and O–H groups in total. The first-order valence-corrected chi connectivity index (χ1v) is 12.1. The Bertz CT molecular complexity index is 1200. The number of nitrogens with one attached hydrogen (secondary N) is 2. The van der Waals surface area contributed by atoms with Gasteiger partial charge in [-0.05, 0) is 42.2 Å². The summed E-state index contributed by atoms with van der Waals surface area (Å²) < 4.78 is 0. The third-order valence-corrected chi connectivity index (χ3v) is 6.53. The van der Waals surface area contributed by atoms with Gasteiger partial charge in [0, 0.05) is 18.1 Å². The molecule has 4 rings (SSSR count). The van der Waals surface area contributed by atoms with Gasteiger partial charge < -0.3 is 15.5 Å². The molecule has 3 amide bonds. The molecular weight excluding hydrogens is 485 g/mol. The van der Waals surface area contributed by atoms with Gasteiger partial charge in [-0.25, -0.2) is 0 Å². The smallest absolute Gasteiger partial charge is 0.253 e. The molecule has 0 radical (unpaired) electrons. The Hall–Kier alpha value is -3.35. The fourth-order valence-electron chi connectivity index (χ4n) is 4.19. The van der Waals surface area contributed by atoms with Crippen molar-refractivity contribution in [2.75, 3.05) is 6.54 Å². The zero-order chi connectivity index (χ0) is 24.8. The Morgan fingerprint density at radius 3 is 2.31 bits per heavy atom. The summed E-state index contributed by atoms with van der Waals surface area (Å²) in [6, 6.07) is 21.5. The summed E-state index contributed by atoms with van der Waals surface area (Å²) >= 11 is 12.2. The van der Waals surface area contributed by atoms with Gasteiger partial charge in [-0.3, -0.25) is 14.4 Å². The molecule has 3 aromatic carbocycles. The largest absolute Gasteiger partial charge is 0.350 e. The molecule has 1 aliphatic rings. The molecule has 0 aromatic heterocycles. The highest BCUT2D eigenvalue weighted by Crippen LogP contribution is 2.26. The van der Waals surface area contributed by atoms with Gasteiger partial charge in [0.2, 0.25) is 11.8 Å². The third kappa shape index (κ3) is 6.02. The van der Waals surface area contributed by atoms with Crippen LogP contribution < -0.4 is 10.6 Å². The highest BCUT2D eigenvalue weighted by atomic mass is 35.5. The van der Waals surface area contributed by atoms with E-state index in [2.05, 4.69) is 10.6 Å². The van der Waals surface area contributed by atoms with Gasteiger partial charge in [-0.1, -0.05) is 83.9 Å². The summed E-state index contributed by atoms with van der Waals surface area (Å²) in [6.07, 6.45) is 1.26. The number of rotatable bonds is 7. The first-order valence-electron chi connectivity index (χ1n) is 11.4. The molecule has 2 atom stereocenters. The number of hydrogen-bond donors (Lipinski definition) is 2. The average Bonchev–Trinajstić information content (AvgIpc) is 3.37. The fraction of sp³-hybridized carbons (Fsp3) is 0.222. The van der Waals surface area contributed by atoms with E-state index in [1.54, 1.807) is 35.2 Å². The second kappa shape index (κ2) is 11.4. The lowest BCUT2D eigenvalue weighted by Crippen LogP contribution is -2.50. The molecule has 6 nitrogen and oxygen atoms in total. The maximum absolute atomic E-state index is 13.7.